The molecule has 2 aromatic heterocycles. The Hall–Kier alpha value is -2.43. The lowest BCUT2D eigenvalue weighted by Gasteiger charge is -2.16. The van der Waals surface area contributed by atoms with Crippen LogP contribution in [-0.4, -0.2) is 35.1 Å². The standard InChI is InChI=1S/C13H13N3O2/c1-16(2)12-11(13(17)18)9(6-8-15-12)10-5-3-4-7-14-10/h3-8H,1-2H3,(H,17,18). The lowest BCUT2D eigenvalue weighted by molar-refractivity contribution is 0.0698. The molecular weight excluding hydrogens is 230 g/mol. The summed E-state index contributed by atoms with van der Waals surface area (Å²) in [4.78, 5) is 21.4. The number of hydrogen-bond donors (Lipinski definition) is 1. The highest BCUT2D eigenvalue weighted by Gasteiger charge is 2.19. The van der Waals surface area contributed by atoms with Gasteiger partial charge < -0.3 is 10.0 Å². The van der Waals surface area contributed by atoms with Gasteiger partial charge in [-0.3, -0.25) is 4.98 Å². The molecule has 2 heterocycles. The van der Waals surface area contributed by atoms with Gasteiger partial charge in [0.25, 0.3) is 0 Å². The third-order valence-corrected chi connectivity index (χ3v) is 2.51. The Bertz CT molecular complexity index is 568. The van der Waals surface area contributed by atoms with Crippen molar-refractivity contribution in [3.8, 4) is 11.3 Å². The quantitative estimate of drug-likeness (QED) is 0.891. The minimum Gasteiger partial charge on any atom is -0.478 e. The second kappa shape index (κ2) is 4.83. The van der Waals surface area contributed by atoms with E-state index in [1.165, 1.54) is 0 Å². The van der Waals surface area contributed by atoms with E-state index in [1.54, 1.807) is 49.6 Å². The first-order valence-electron chi connectivity index (χ1n) is 5.42. The van der Waals surface area contributed by atoms with Gasteiger partial charge >= 0.3 is 5.97 Å². The maximum absolute atomic E-state index is 11.4. The van der Waals surface area contributed by atoms with Crippen LogP contribution in [0.15, 0.2) is 36.7 Å². The van der Waals surface area contributed by atoms with E-state index in [0.29, 0.717) is 17.1 Å². The molecule has 0 atom stereocenters. The van der Waals surface area contributed by atoms with Gasteiger partial charge in [-0.15, -0.1) is 0 Å². The molecule has 5 heteroatoms. The van der Waals surface area contributed by atoms with Gasteiger partial charge in [0, 0.05) is 32.1 Å². The molecule has 5 nitrogen and oxygen atoms in total. The molecule has 0 unspecified atom stereocenters. The van der Waals surface area contributed by atoms with E-state index in [-0.39, 0.29) is 5.56 Å². The molecule has 2 rings (SSSR count). The Morgan fingerprint density at radius 2 is 1.94 bits per heavy atom. The summed E-state index contributed by atoms with van der Waals surface area (Å²) in [5, 5.41) is 9.36. The third-order valence-electron chi connectivity index (χ3n) is 2.51. The van der Waals surface area contributed by atoms with Crippen molar-refractivity contribution >= 4 is 11.8 Å². The molecular formula is C13H13N3O2. The number of nitrogens with zero attached hydrogens (tertiary/aromatic N) is 3. The number of aromatic nitrogens is 2. The topological polar surface area (TPSA) is 66.3 Å². The third kappa shape index (κ3) is 2.15. The van der Waals surface area contributed by atoms with Crippen molar-refractivity contribution in [1.29, 1.82) is 0 Å². The summed E-state index contributed by atoms with van der Waals surface area (Å²) < 4.78 is 0. The second-order valence-corrected chi connectivity index (χ2v) is 3.97. The highest BCUT2D eigenvalue weighted by molar-refractivity contribution is 6.00. The largest absolute Gasteiger partial charge is 0.478 e. The fraction of sp³-hybridized carbons (Fsp3) is 0.154. The fourth-order valence-electron chi connectivity index (χ4n) is 1.74. The van der Waals surface area contributed by atoms with Gasteiger partial charge in [-0.05, 0) is 18.2 Å². The summed E-state index contributed by atoms with van der Waals surface area (Å²) >= 11 is 0. The molecule has 0 bridgehead atoms. The van der Waals surface area contributed by atoms with E-state index < -0.39 is 5.97 Å². The van der Waals surface area contributed by atoms with Crippen molar-refractivity contribution in [2.75, 3.05) is 19.0 Å². The van der Waals surface area contributed by atoms with Crippen LogP contribution >= 0.6 is 0 Å². The maximum Gasteiger partial charge on any atom is 0.340 e. The number of pyridine rings is 2. The zero-order valence-electron chi connectivity index (χ0n) is 10.2. The average molecular weight is 243 g/mol. The van der Waals surface area contributed by atoms with Gasteiger partial charge in [-0.25, -0.2) is 9.78 Å². The zero-order chi connectivity index (χ0) is 13.1. The van der Waals surface area contributed by atoms with E-state index in [2.05, 4.69) is 9.97 Å². The Morgan fingerprint density at radius 3 is 2.50 bits per heavy atom. The average Bonchev–Trinajstić information content (AvgIpc) is 2.38. The monoisotopic (exact) mass is 243 g/mol. The molecule has 0 radical (unpaired) electrons. The Morgan fingerprint density at radius 1 is 1.17 bits per heavy atom. The number of rotatable bonds is 3. The molecule has 18 heavy (non-hydrogen) atoms. The predicted octanol–water partition coefficient (Wildman–Crippen LogP) is 1.91. The Labute approximate surface area is 105 Å². The van der Waals surface area contributed by atoms with Crippen molar-refractivity contribution in [2.24, 2.45) is 0 Å². The van der Waals surface area contributed by atoms with E-state index in [1.807, 2.05) is 6.07 Å². The van der Waals surface area contributed by atoms with E-state index in [4.69, 9.17) is 0 Å². The normalized spacial score (nSPS) is 10.1. The van der Waals surface area contributed by atoms with Crippen LogP contribution in [0.3, 0.4) is 0 Å². The van der Waals surface area contributed by atoms with E-state index >= 15 is 0 Å². The molecule has 1 N–H and O–H groups in total. The van der Waals surface area contributed by atoms with E-state index in [0.717, 1.165) is 0 Å². The summed E-state index contributed by atoms with van der Waals surface area (Å²) in [6, 6.07) is 7.06. The summed E-state index contributed by atoms with van der Waals surface area (Å²) in [7, 11) is 3.52. The Kier molecular flexibility index (Phi) is 3.23. The molecule has 92 valence electrons. The first-order valence-corrected chi connectivity index (χ1v) is 5.42. The fourth-order valence-corrected chi connectivity index (χ4v) is 1.74. The van der Waals surface area contributed by atoms with Gasteiger partial charge in [-0.1, -0.05) is 6.07 Å². The molecule has 0 aliphatic heterocycles. The van der Waals surface area contributed by atoms with Crippen molar-refractivity contribution in [3.63, 3.8) is 0 Å². The van der Waals surface area contributed by atoms with Gasteiger partial charge in [-0.2, -0.15) is 0 Å². The number of carbonyl (C=O) groups is 1. The van der Waals surface area contributed by atoms with Crippen molar-refractivity contribution < 1.29 is 9.90 Å². The first-order chi connectivity index (χ1) is 8.61. The van der Waals surface area contributed by atoms with Crippen LogP contribution < -0.4 is 4.90 Å². The first kappa shape index (κ1) is 12.0. The van der Waals surface area contributed by atoms with Crippen LogP contribution in [-0.2, 0) is 0 Å². The van der Waals surface area contributed by atoms with Gasteiger partial charge in [0.05, 0.1) is 5.69 Å². The maximum atomic E-state index is 11.4. The predicted molar refractivity (Wildman–Crippen MR) is 68.8 cm³/mol. The number of aromatic carboxylic acids is 1. The van der Waals surface area contributed by atoms with Crippen LogP contribution in [0, 0.1) is 0 Å². The number of carboxylic acids is 1. The summed E-state index contributed by atoms with van der Waals surface area (Å²) in [5.74, 6) is -0.585. The van der Waals surface area contributed by atoms with Crippen molar-refractivity contribution in [1.82, 2.24) is 9.97 Å². The smallest absolute Gasteiger partial charge is 0.340 e. The molecule has 0 saturated heterocycles. The molecule has 0 aliphatic rings. The van der Waals surface area contributed by atoms with Crippen LogP contribution in [0.1, 0.15) is 10.4 Å². The van der Waals surface area contributed by atoms with Gasteiger partial charge in [0.2, 0.25) is 0 Å². The number of anilines is 1. The van der Waals surface area contributed by atoms with Crippen LogP contribution in [0.4, 0.5) is 5.82 Å². The minimum absolute atomic E-state index is 0.168. The summed E-state index contributed by atoms with van der Waals surface area (Å²) in [5.41, 5.74) is 1.36. The molecule has 0 fully saturated rings. The highest BCUT2D eigenvalue weighted by Crippen LogP contribution is 2.27. The van der Waals surface area contributed by atoms with Crippen LogP contribution in [0.5, 0.6) is 0 Å². The molecule has 0 aliphatic carbocycles. The zero-order valence-corrected chi connectivity index (χ0v) is 10.2. The SMILES string of the molecule is CN(C)c1nccc(-c2ccccn2)c1C(=O)O. The van der Waals surface area contributed by atoms with Crippen molar-refractivity contribution in [2.45, 2.75) is 0 Å². The van der Waals surface area contributed by atoms with Gasteiger partial charge in [0.15, 0.2) is 0 Å². The molecule has 0 amide bonds. The summed E-state index contributed by atoms with van der Waals surface area (Å²) in [6.07, 6.45) is 3.22. The Balaban J connectivity index is 2.68. The lowest BCUT2D eigenvalue weighted by Crippen LogP contribution is -2.16. The lowest BCUT2D eigenvalue weighted by atomic mass is 10.1. The molecule has 0 saturated carbocycles. The summed E-state index contributed by atoms with van der Waals surface area (Å²) in [6.45, 7) is 0. The number of hydrogen-bond acceptors (Lipinski definition) is 4. The minimum atomic E-state index is -1.01. The van der Waals surface area contributed by atoms with E-state index in [9.17, 15) is 9.90 Å². The van der Waals surface area contributed by atoms with Crippen molar-refractivity contribution in [3.05, 3.63) is 42.2 Å². The van der Waals surface area contributed by atoms with Crippen LogP contribution in [0.25, 0.3) is 11.3 Å². The number of carboxylic acid groups (broad SMARTS) is 1. The molecule has 0 aromatic carbocycles. The highest BCUT2D eigenvalue weighted by atomic mass is 16.4. The molecule has 2 aromatic rings. The van der Waals surface area contributed by atoms with Crippen LogP contribution in [0.2, 0.25) is 0 Å². The molecule has 0 spiro atoms. The second-order valence-electron chi connectivity index (χ2n) is 3.97. The van der Waals surface area contributed by atoms with Gasteiger partial charge in [0.1, 0.15) is 11.4 Å².